The Morgan fingerprint density at radius 1 is 1.50 bits per heavy atom. The van der Waals surface area contributed by atoms with Gasteiger partial charge in [0.05, 0.1) is 5.60 Å². The van der Waals surface area contributed by atoms with E-state index in [1.165, 1.54) is 4.88 Å². The van der Waals surface area contributed by atoms with E-state index < -0.39 is 5.60 Å². The summed E-state index contributed by atoms with van der Waals surface area (Å²) in [6, 6.07) is 4.81. The first-order valence-electron chi connectivity index (χ1n) is 6.20. The summed E-state index contributed by atoms with van der Waals surface area (Å²) in [6.07, 6.45) is 4.92. The molecule has 0 saturated heterocycles. The van der Waals surface area contributed by atoms with Crippen molar-refractivity contribution < 1.29 is 5.11 Å². The Balaban J connectivity index is 1.86. The minimum absolute atomic E-state index is 0.448. The largest absolute Gasteiger partial charge is 0.390 e. The number of thiophene rings is 1. The van der Waals surface area contributed by atoms with Crippen LogP contribution in [-0.2, 0) is 6.42 Å². The molecule has 16 heavy (non-hydrogen) atoms. The van der Waals surface area contributed by atoms with E-state index >= 15 is 0 Å². The normalized spacial score (nSPS) is 30.5. The zero-order valence-corrected chi connectivity index (χ0v) is 10.7. The first-order chi connectivity index (χ1) is 7.72. The first kappa shape index (κ1) is 12.1. The number of hydrogen-bond acceptors (Lipinski definition) is 3. The summed E-state index contributed by atoms with van der Waals surface area (Å²) in [7, 11) is 0. The van der Waals surface area contributed by atoms with Gasteiger partial charge in [0.1, 0.15) is 0 Å². The molecular formula is C13H21NOS. The maximum absolute atomic E-state index is 10.5. The molecule has 1 aromatic heterocycles. The highest BCUT2D eigenvalue weighted by atomic mass is 32.1. The Bertz CT molecular complexity index is 302. The fourth-order valence-corrected chi connectivity index (χ4v) is 3.40. The second-order valence-corrected chi connectivity index (χ2v) is 5.84. The van der Waals surface area contributed by atoms with Gasteiger partial charge in [0.15, 0.2) is 0 Å². The third-order valence-electron chi connectivity index (χ3n) is 3.49. The van der Waals surface area contributed by atoms with Crippen molar-refractivity contribution >= 4 is 11.3 Å². The van der Waals surface area contributed by atoms with E-state index in [4.69, 9.17) is 0 Å². The van der Waals surface area contributed by atoms with Crippen LogP contribution in [0.4, 0.5) is 0 Å². The van der Waals surface area contributed by atoms with Crippen LogP contribution in [0.1, 0.15) is 37.5 Å². The minimum Gasteiger partial charge on any atom is -0.390 e. The van der Waals surface area contributed by atoms with Crippen molar-refractivity contribution in [3.63, 3.8) is 0 Å². The van der Waals surface area contributed by atoms with Crippen molar-refractivity contribution in [3.05, 3.63) is 22.4 Å². The first-order valence-corrected chi connectivity index (χ1v) is 7.08. The van der Waals surface area contributed by atoms with E-state index in [-0.39, 0.29) is 0 Å². The summed E-state index contributed by atoms with van der Waals surface area (Å²) >= 11 is 1.75. The molecule has 1 heterocycles. The average Bonchev–Trinajstić information content (AvgIpc) is 2.74. The van der Waals surface area contributed by atoms with Crippen LogP contribution in [0, 0.1) is 0 Å². The monoisotopic (exact) mass is 239 g/mol. The van der Waals surface area contributed by atoms with Gasteiger partial charge in [-0.2, -0.15) is 0 Å². The highest BCUT2D eigenvalue weighted by Gasteiger charge is 2.33. The number of aliphatic hydroxyl groups is 1. The molecule has 1 fully saturated rings. The lowest BCUT2D eigenvalue weighted by Crippen LogP contribution is -2.42. The van der Waals surface area contributed by atoms with Gasteiger partial charge in [-0.25, -0.2) is 0 Å². The van der Waals surface area contributed by atoms with Gasteiger partial charge >= 0.3 is 0 Å². The molecule has 1 saturated carbocycles. The van der Waals surface area contributed by atoms with Crippen LogP contribution in [0.5, 0.6) is 0 Å². The van der Waals surface area contributed by atoms with Crippen molar-refractivity contribution in [2.24, 2.45) is 0 Å². The van der Waals surface area contributed by atoms with Crippen molar-refractivity contribution in [2.75, 3.05) is 6.54 Å². The second-order valence-electron chi connectivity index (χ2n) is 4.81. The highest BCUT2D eigenvalue weighted by Crippen LogP contribution is 2.32. The van der Waals surface area contributed by atoms with Crippen LogP contribution in [0.2, 0.25) is 0 Å². The van der Waals surface area contributed by atoms with Gasteiger partial charge in [-0.1, -0.05) is 13.0 Å². The second kappa shape index (κ2) is 5.30. The molecule has 1 aliphatic carbocycles. The summed E-state index contributed by atoms with van der Waals surface area (Å²) in [5.41, 5.74) is -0.448. The van der Waals surface area contributed by atoms with E-state index in [0.717, 1.165) is 38.6 Å². The Kier molecular flexibility index (Phi) is 4.00. The van der Waals surface area contributed by atoms with Crippen LogP contribution in [0.3, 0.4) is 0 Å². The number of rotatable bonds is 4. The van der Waals surface area contributed by atoms with Gasteiger partial charge in [0, 0.05) is 17.3 Å². The average molecular weight is 239 g/mol. The van der Waals surface area contributed by atoms with Crippen molar-refractivity contribution in [1.29, 1.82) is 0 Å². The lowest BCUT2D eigenvalue weighted by Gasteiger charge is -2.36. The Morgan fingerprint density at radius 3 is 2.81 bits per heavy atom. The summed E-state index contributed by atoms with van der Waals surface area (Å²) < 4.78 is 0. The summed E-state index contributed by atoms with van der Waals surface area (Å²) in [5.74, 6) is 0. The molecule has 0 radical (unpaired) electrons. The predicted molar refractivity (Wildman–Crippen MR) is 68.9 cm³/mol. The topological polar surface area (TPSA) is 32.3 Å². The molecule has 90 valence electrons. The molecule has 1 aromatic rings. The van der Waals surface area contributed by atoms with Crippen molar-refractivity contribution in [1.82, 2.24) is 5.32 Å². The van der Waals surface area contributed by atoms with Crippen LogP contribution in [0.15, 0.2) is 17.5 Å². The molecule has 2 nitrogen and oxygen atoms in total. The van der Waals surface area contributed by atoms with E-state index in [1.807, 2.05) is 0 Å². The Morgan fingerprint density at radius 2 is 2.25 bits per heavy atom. The SMILES string of the molecule is CCNC1CCC(O)(Cc2cccs2)CC1. The van der Waals surface area contributed by atoms with Gasteiger partial charge in [-0.3, -0.25) is 0 Å². The molecule has 1 aliphatic rings. The third kappa shape index (κ3) is 3.06. The molecule has 0 amide bonds. The summed E-state index contributed by atoms with van der Waals surface area (Å²) in [4.78, 5) is 1.31. The molecule has 0 spiro atoms. The smallest absolute Gasteiger partial charge is 0.0697 e. The lowest BCUT2D eigenvalue weighted by molar-refractivity contribution is -0.00228. The molecule has 0 bridgehead atoms. The quantitative estimate of drug-likeness (QED) is 0.846. The standard InChI is InChI=1S/C13H21NOS/c1-2-14-11-5-7-13(15,8-6-11)10-12-4-3-9-16-12/h3-4,9,11,14-15H,2,5-8,10H2,1H3. The van der Waals surface area contributed by atoms with E-state index in [2.05, 4.69) is 29.8 Å². The molecular weight excluding hydrogens is 218 g/mol. The number of nitrogens with one attached hydrogen (secondary N) is 1. The van der Waals surface area contributed by atoms with Crippen molar-refractivity contribution in [2.45, 2.75) is 50.7 Å². The highest BCUT2D eigenvalue weighted by molar-refractivity contribution is 7.09. The molecule has 0 unspecified atom stereocenters. The molecule has 0 aromatic carbocycles. The van der Waals surface area contributed by atoms with Crippen LogP contribution in [0.25, 0.3) is 0 Å². The fourth-order valence-electron chi connectivity index (χ4n) is 2.56. The van der Waals surface area contributed by atoms with Gasteiger partial charge < -0.3 is 10.4 Å². The van der Waals surface area contributed by atoms with E-state index in [9.17, 15) is 5.11 Å². The molecule has 2 N–H and O–H groups in total. The van der Waals surface area contributed by atoms with Gasteiger partial charge in [-0.05, 0) is 43.7 Å². The summed E-state index contributed by atoms with van der Waals surface area (Å²) in [5, 5.41) is 16.1. The lowest BCUT2D eigenvalue weighted by atomic mass is 9.80. The molecule has 0 atom stereocenters. The zero-order chi connectivity index (χ0) is 11.4. The number of hydrogen-bond donors (Lipinski definition) is 2. The molecule has 2 rings (SSSR count). The van der Waals surface area contributed by atoms with Crippen molar-refractivity contribution in [3.8, 4) is 0 Å². The maximum atomic E-state index is 10.5. The molecule has 3 heteroatoms. The zero-order valence-electron chi connectivity index (χ0n) is 9.91. The summed E-state index contributed by atoms with van der Waals surface area (Å²) in [6.45, 7) is 3.18. The maximum Gasteiger partial charge on any atom is 0.0697 e. The minimum atomic E-state index is -0.448. The molecule has 0 aliphatic heterocycles. The van der Waals surface area contributed by atoms with E-state index in [0.29, 0.717) is 6.04 Å². The van der Waals surface area contributed by atoms with Crippen LogP contribution < -0.4 is 5.32 Å². The fraction of sp³-hybridized carbons (Fsp3) is 0.692. The van der Waals surface area contributed by atoms with E-state index in [1.54, 1.807) is 11.3 Å². The van der Waals surface area contributed by atoms with Gasteiger partial charge in [0.2, 0.25) is 0 Å². The Hall–Kier alpha value is -0.380. The third-order valence-corrected chi connectivity index (χ3v) is 4.37. The van der Waals surface area contributed by atoms with Crippen LogP contribution >= 0.6 is 11.3 Å². The van der Waals surface area contributed by atoms with Gasteiger partial charge in [-0.15, -0.1) is 11.3 Å². The predicted octanol–water partition coefficient (Wildman–Crippen LogP) is 2.57. The van der Waals surface area contributed by atoms with Gasteiger partial charge in [0.25, 0.3) is 0 Å². The Labute approximate surface area is 102 Å². The van der Waals surface area contributed by atoms with Crippen LogP contribution in [-0.4, -0.2) is 23.3 Å².